The molecule has 0 spiro atoms. The third kappa shape index (κ3) is 3.44. The summed E-state index contributed by atoms with van der Waals surface area (Å²) >= 11 is 6.01. The van der Waals surface area contributed by atoms with Crippen molar-refractivity contribution in [3.05, 3.63) is 28.8 Å². The summed E-state index contributed by atoms with van der Waals surface area (Å²) in [5.41, 5.74) is 6.79. The van der Waals surface area contributed by atoms with Crippen molar-refractivity contribution in [1.29, 1.82) is 0 Å². The summed E-state index contributed by atoms with van der Waals surface area (Å²) in [7, 11) is 3.43. The fourth-order valence-corrected chi connectivity index (χ4v) is 2.95. The van der Waals surface area contributed by atoms with E-state index in [1.165, 1.54) is 0 Å². The largest absolute Gasteiger partial charge is 0.496 e. The lowest BCUT2D eigenvalue weighted by atomic mass is 10.1. The van der Waals surface area contributed by atoms with Crippen molar-refractivity contribution in [1.82, 2.24) is 4.90 Å². The van der Waals surface area contributed by atoms with Gasteiger partial charge in [-0.05, 0) is 37.5 Å². The van der Waals surface area contributed by atoms with Gasteiger partial charge in [0, 0.05) is 36.1 Å². The number of ether oxygens (including phenoxy) is 1. The number of benzene rings is 1. The van der Waals surface area contributed by atoms with Crippen molar-refractivity contribution >= 4 is 17.5 Å². The first-order chi connectivity index (χ1) is 9.51. The lowest BCUT2D eigenvalue weighted by Gasteiger charge is -2.22. The Morgan fingerprint density at radius 3 is 2.85 bits per heavy atom. The number of carbonyl (C=O) groups excluding carboxylic acids is 1. The summed E-state index contributed by atoms with van der Waals surface area (Å²) in [6.45, 7) is 0.494. The molecule has 2 N–H and O–H groups in total. The van der Waals surface area contributed by atoms with E-state index in [0.29, 0.717) is 11.6 Å². The van der Waals surface area contributed by atoms with Crippen LogP contribution in [0.5, 0.6) is 5.75 Å². The van der Waals surface area contributed by atoms with Crippen LogP contribution in [0, 0.1) is 5.92 Å². The van der Waals surface area contributed by atoms with Gasteiger partial charge < -0.3 is 15.4 Å². The van der Waals surface area contributed by atoms with E-state index in [-0.39, 0.29) is 17.9 Å². The molecule has 2 atom stereocenters. The molecule has 0 bridgehead atoms. The molecule has 1 aliphatic carbocycles. The van der Waals surface area contributed by atoms with Crippen LogP contribution in [-0.4, -0.2) is 31.0 Å². The third-order valence-electron chi connectivity index (χ3n) is 3.85. The number of halogens is 1. The Balaban J connectivity index is 2.05. The Morgan fingerprint density at radius 1 is 1.50 bits per heavy atom. The summed E-state index contributed by atoms with van der Waals surface area (Å²) < 4.78 is 5.31. The number of methoxy groups -OCH3 is 1. The van der Waals surface area contributed by atoms with Gasteiger partial charge in [-0.15, -0.1) is 0 Å². The molecule has 0 heterocycles. The Labute approximate surface area is 124 Å². The van der Waals surface area contributed by atoms with Crippen LogP contribution in [0.3, 0.4) is 0 Å². The molecule has 0 saturated heterocycles. The maximum Gasteiger partial charge on any atom is 0.225 e. The van der Waals surface area contributed by atoms with E-state index in [4.69, 9.17) is 22.1 Å². The fraction of sp³-hybridized carbons (Fsp3) is 0.533. The zero-order chi connectivity index (χ0) is 14.7. The predicted octanol–water partition coefficient (Wildman–Crippen LogP) is 2.43. The van der Waals surface area contributed by atoms with Gasteiger partial charge in [0.05, 0.1) is 7.11 Å². The Kier molecular flexibility index (Phi) is 4.89. The van der Waals surface area contributed by atoms with E-state index in [0.717, 1.165) is 30.6 Å². The quantitative estimate of drug-likeness (QED) is 0.928. The Hall–Kier alpha value is -1.26. The van der Waals surface area contributed by atoms with Crippen molar-refractivity contribution in [2.24, 2.45) is 11.7 Å². The van der Waals surface area contributed by atoms with Crippen molar-refractivity contribution < 1.29 is 9.53 Å². The van der Waals surface area contributed by atoms with Crippen molar-refractivity contribution in [3.63, 3.8) is 0 Å². The number of nitrogens with two attached hydrogens (primary N) is 1. The standard InChI is InChI=1S/C15H21ClN2O2/c1-18(15(19)10-3-5-13(17)8-10)9-11-7-12(16)4-6-14(11)20-2/h4,6-7,10,13H,3,5,8-9,17H2,1-2H3/t10-,13+/m1/s1. The molecule has 5 heteroatoms. The van der Waals surface area contributed by atoms with Gasteiger partial charge in [-0.2, -0.15) is 0 Å². The van der Waals surface area contributed by atoms with Crippen molar-refractivity contribution in [3.8, 4) is 5.75 Å². The monoisotopic (exact) mass is 296 g/mol. The SMILES string of the molecule is COc1ccc(Cl)cc1CN(C)C(=O)[C@@H]1CC[C@H](N)C1. The number of carbonyl (C=O) groups is 1. The Morgan fingerprint density at radius 2 is 2.25 bits per heavy atom. The van der Waals surface area contributed by atoms with Gasteiger partial charge in [0.2, 0.25) is 5.91 Å². The van der Waals surface area contributed by atoms with E-state index < -0.39 is 0 Å². The van der Waals surface area contributed by atoms with Crippen LogP contribution in [0.2, 0.25) is 5.02 Å². The first-order valence-electron chi connectivity index (χ1n) is 6.84. The van der Waals surface area contributed by atoms with Gasteiger partial charge in [0.1, 0.15) is 5.75 Å². The van der Waals surface area contributed by atoms with E-state index >= 15 is 0 Å². The van der Waals surface area contributed by atoms with Gasteiger partial charge in [0.15, 0.2) is 0 Å². The summed E-state index contributed by atoms with van der Waals surface area (Å²) in [6.07, 6.45) is 2.61. The molecule has 1 aliphatic rings. The highest BCUT2D eigenvalue weighted by Gasteiger charge is 2.29. The molecule has 0 aromatic heterocycles. The molecule has 1 aromatic carbocycles. The molecule has 0 unspecified atom stereocenters. The second-order valence-electron chi connectivity index (χ2n) is 5.42. The first-order valence-corrected chi connectivity index (χ1v) is 7.22. The van der Waals surface area contributed by atoms with Crippen molar-refractivity contribution in [2.45, 2.75) is 31.8 Å². The highest BCUT2D eigenvalue weighted by Crippen LogP contribution is 2.28. The average molecular weight is 297 g/mol. The highest BCUT2D eigenvalue weighted by atomic mass is 35.5. The molecule has 2 rings (SSSR count). The minimum absolute atomic E-state index is 0.0557. The second-order valence-corrected chi connectivity index (χ2v) is 5.86. The molecule has 20 heavy (non-hydrogen) atoms. The number of hydrogen-bond donors (Lipinski definition) is 1. The second kappa shape index (κ2) is 6.46. The van der Waals surface area contributed by atoms with Crippen LogP contribution in [0.25, 0.3) is 0 Å². The van der Waals surface area contributed by atoms with Gasteiger partial charge in [0.25, 0.3) is 0 Å². The van der Waals surface area contributed by atoms with Crippen LogP contribution in [0.15, 0.2) is 18.2 Å². The third-order valence-corrected chi connectivity index (χ3v) is 4.08. The smallest absolute Gasteiger partial charge is 0.225 e. The first kappa shape index (κ1) is 15.1. The predicted molar refractivity (Wildman–Crippen MR) is 79.8 cm³/mol. The molecule has 1 aromatic rings. The van der Waals surface area contributed by atoms with Crippen LogP contribution in [0.1, 0.15) is 24.8 Å². The van der Waals surface area contributed by atoms with Crippen LogP contribution >= 0.6 is 11.6 Å². The number of amides is 1. The van der Waals surface area contributed by atoms with Gasteiger partial charge in [-0.1, -0.05) is 11.6 Å². The molecule has 0 radical (unpaired) electrons. The topological polar surface area (TPSA) is 55.6 Å². The lowest BCUT2D eigenvalue weighted by Crippen LogP contribution is -2.32. The van der Waals surface area contributed by atoms with E-state index in [9.17, 15) is 4.79 Å². The Bertz CT molecular complexity index is 493. The summed E-state index contributed by atoms with van der Waals surface area (Å²) in [5.74, 6) is 0.956. The molecule has 110 valence electrons. The normalized spacial score (nSPS) is 21.8. The molecule has 1 fully saturated rings. The molecule has 0 aliphatic heterocycles. The summed E-state index contributed by atoms with van der Waals surface area (Å²) in [4.78, 5) is 14.1. The minimum atomic E-state index is 0.0557. The molecular formula is C15H21ClN2O2. The number of rotatable bonds is 4. The molecule has 1 amide bonds. The van der Waals surface area contributed by atoms with Crippen LogP contribution in [0.4, 0.5) is 0 Å². The van der Waals surface area contributed by atoms with Gasteiger partial charge in [-0.3, -0.25) is 4.79 Å². The summed E-state index contributed by atoms with van der Waals surface area (Å²) in [5, 5.41) is 0.643. The zero-order valence-electron chi connectivity index (χ0n) is 11.9. The maximum absolute atomic E-state index is 12.4. The maximum atomic E-state index is 12.4. The fourth-order valence-electron chi connectivity index (χ4n) is 2.76. The number of nitrogens with zero attached hydrogens (tertiary/aromatic N) is 1. The van der Waals surface area contributed by atoms with E-state index in [2.05, 4.69) is 0 Å². The molecule has 1 saturated carbocycles. The zero-order valence-corrected chi connectivity index (χ0v) is 12.7. The van der Waals surface area contributed by atoms with Crippen LogP contribution < -0.4 is 10.5 Å². The van der Waals surface area contributed by atoms with Crippen molar-refractivity contribution in [2.75, 3.05) is 14.2 Å². The van der Waals surface area contributed by atoms with Gasteiger partial charge in [-0.25, -0.2) is 0 Å². The molecule has 4 nitrogen and oxygen atoms in total. The van der Waals surface area contributed by atoms with E-state index in [1.54, 1.807) is 18.1 Å². The van der Waals surface area contributed by atoms with Gasteiger partial charge >= 0.3 is 0 Å². The summed E-state index contributed by atoms with van der Waals surface area (Å²) in [6, 6.07) is 5.60. The lowest BCUT2D eigenvalue weighted by molar-refractivity contribution is -0.134. The highest BCUT2D eigenvalue weighted by molar-refractivity contribution is 6.30. The average Bonchev–Trinajstić information content (AvgIpc) is 2.84. The molecular weight excluding hydrogens is 276 g/mol. The van der Waals surface area contributed by atoms with Crippen LogP contribution in [-0.2, 0) is 11.3 Å². The minimum Gasteiger partial charge on any atom is -0.496 e. The number of hydrogen-bond acceptors (Lipinski definition) is 3. The van der Waals surface area contributed by atoms with E-state index in [1.807, 2.05) is 19.2 Å².